The van der Waals surface area contributed by atoms with Gasteiger partial charge >= 0.3 is 6.03 Å². The fourth-order valence-corrected chi connectivity index (χ4v) is 2.26. The molecule has 0 aromatic heterocycles. The lowest BCUT2D eigenvalue weighted by Crippen LogP contribution is -2.41. The molecule has 0 bridgehead atoms. The molecule has 7 heteroatoms. The molecule has 2 aromatic rings. The van der Waals surface area contributed by atoms with Crippen molar-refractivity contribution in [2.75, 3.05) is 17.2 Å². The zero-order chi connectivity index (χ0) is 18.9. The Bertz CT molecular complexity index is 791. The standard InChI is InChI=1S/C19H22N4O3/c1-13-8-9-16(22-14(2)24)10-17(13)20-12-18(25)23-19(26)21-11-15-6-4-3-5-7-15/h3-10,20H,11-12H2,1-2H3,(H,22,24)(H2,21,23,25,26). The first kappa shape index (κ1) is 19.0. The van der Waals surface area contributed by atoms with Crippen LogP contribution in [0.3, 0.4) is 0 Å². The lowest BCUT2D eigenvalue weighted by molar-refractivity contribution is -0.118. The van der Waals surface area contributed by atoms with Gasteiger partial charge in [0.2, 0.25) is 11.8 Å². The number of hydrogen-bond acceptors (Lipinski definition) is 4. The summed E-state index contributed by atoms with van der Waals surface area (Å²) in [5, 5.41) is 10.5. The smallest absolute Gasteiger partial charge is 0.321 e. The maximum atomic E-state index is 11.9. The number of carbonyl (C=O) groups excluding carboxylic acids is 3. The molecule has 26 heavy (non-hydrogen) atoms. The summed E-state index contributed by atoms with van der Waals surface area (Å²) < 4.78 is 0. The van der Waals surface area contributed by atoms with Crippen LogP contribution in [0.4, 0.5) is 16.2 Å². The third-order valence-corrected chi connectivity index (χ3v) is 3.55. The number of benzene rings is 2. The second-order valence-corrected chi connectivity index (χ2v) is 5.78. The highest BCUT2D eigenvalue weighted by Crippen LogP contribution is 2.20. The number of imide groups is 1. The Morgan fingerprint density at radius 2 is 1.73 bits per heavy atom. The van der Waals surface area contributed by atoms with Crippen LogP contribution in [0.5, 0.6) is 0 Å². The molecule has 7 nitrogen and oxygen atoms in total. The summed E-state index contributed by atoms with van der Waals surface area (Å²) in [6.07, 6.45) is 0. The minimum Gasteiger partial charge on any atom is -0.376 e. The van der Waals surface area contributed by atoms with E-state index in [-0.39, 0.29) is 12.5 Å². The molecule has 0 aliphatic carbocycles. The number of urea groups is 1. The van der Waals surface area contributed by atoms with Crippen LogP contribution in [0.15, 0.2) is 48.5 Å². The summed E-state index contributed by atoms with van der Waals surface area (Å²) in [5.74, 6) is -0.632. The van der Waals surface area contributed by atoms with Gasteiger partial charge in [-0.15, -0.1) is 0 Å². The summed E-state index contributed by atoms with van der Waals surface area (Å²) in [6.45, 7) is 3.58. The number of anilines is 2. The molecule has 2 rings (SSSR count). The van der Waals surface area contributed by atoms with Crippen molar-refractivity contribution in [3.05, 3.63) is 59.7 Å². The van der Waals surface area contributed by atoms with E-state index in [1.54, 1.807) is 12.1 Å². The average molecular weight is 354 g/mol. The Morgan fingerprint density at radius 1 is 1.00 bits per heavy atom. The topological polar surface area (TPSA) is 99.3 Å². The number of carbonyl (C=O) groups is 3. The Morgan fingerprint density at radius 3 is 2.42 bits per heavy atom. The zero-order valence-corrected chi connectivity index (χ0v) is 14.8. The number of nitrogens with one attached hydrogen (secondary N) is 4. The van der Waals surface area contributed by atoms with Crippen molar-refractivity contribution in [3.63, 3.8) is 0 Å². The van der Waals surface area contributed by atoms with Crippen LogP contribution < -0.4 is 21.3 Å². The van der Waals surface area contributed by atoms with Crippen molar-refractivity contribution in [3.8, 4) is 0 Å². The van der Waals surface area contributed by atoms with Crippen molar-refractivity contribution >= 4 is 29.2 Å². The zero-order valence-electron chi connectivity index (χ0n) is 14.8. The van der Waals surface area contributed by atoms with E-state index in [1.807, 2.05) is 43.3 Å². The first-order valence-corrected chi connectivity index (χ1v) is 8.18. The molecule has 0 radical (unpaired) electrons. The molecule has 0 saturated heterocycles. The van der Waals surface area contributed by atoms with Crippen LogP contribution in [-0.4, -0.2) is 24.4 Å². The molecule has 0 spiro atoms. The van der Waals surface area contributed by atoms with Crippen LogP contribution in [0, 0.1) is 6.92 Å². The highest BCUT2D eigenvalue weighted by molar-refractivity contribution is 5.96. The minimum atomic E-state index is -0.552. The quantitative estimate of drug-likeness (QED) is 0.640. The SMILES string of the molecule is CC(=O)Nc1ccc(C)c(NCC(=O)NC(=O)NCc2ccccc2)c1. The van der Waals surface area contributed by atoms with E-state index < -0.39 is 11.9 Å². The number of rotatable bonds is 6. The highest BCUT2D eigenvalue weighted by atomic mass is 16.2. The minimum absolute atomic E-state index is 0.0663. The molecule has 0 unspecified atom stereocenters. The number of hydrogen-bond donors (Lipinski definition) is 4. The summed E-state index contributed by atoms with van der Waals surface area (Å²) in [7, 11) is 0. The summed E-state index contributed by atoms with van der Waals surface area (Å²) in [4.78, 5) is 34.8. The maximum Gasteiger partial charge on any atom is 0.321 e. The van der Waals surface area contributed by atoms with Crippen LogP contribution in [0.25, 0.3) is 0 Å². The maximum absolute atomic E-state index is 11.9. The molecule has 2 aromatic carbocycles. The van der Waals surface area contributed by atoms with Gasteiger partial charge in [-0.25, -0.2) is 4.79 Å². The normalized spacial score (nSPS) is 9.92. The van der Waals surface area contributed by atoms with Gasteiger partial charge in [-0.05, 0) is 30.2 Å². The van der Waals surface area contributed by atoms with Gasteiger partial charge in [-0.1, -0.05) is 36.4 Å². The van der Waals surface area contributed by atoms with E-state index in [0.717, 1.165) is 11.1 Å². The van der Waals surface area contributed by atoms with Crippen molar-refractivity contribution in [1.29, 1.82) is 0 Å². The average Bonchev–Trinajstić information content (AvgIpc) is 2.61. The fourth-order valence-electron chi connectivity index (χ4n) is 2.26. The van der Waals surface area contributed by atoms with Crippen LogP contribution >= 0.6 is 0 Å². The third-order valence-electron chi connectivity index (χ3n) is 3.55. The van der Waals surface area contributed by atoms with Gasteiger partial charge in [0.15, 0.2) is 0 Å². The van der Waals surface area contributed by atoms with Crippen molar-refractivity contribution in [2.24, 2.45) is 0 Å². The molecular formula is C19H22N4O3. The molecule has 0 heterocycles. The molecule has 0 saturated carbocycles. The van der Waals surface area contributed by atoms with Gasteiger partial charge in [-0.2, -0.15) is 0 Å². The Hall–Kier alpha value is -3.35. The highest BCUT2D eigenvalue weighted by Gasteiger charge is 2.08. The van der Waals surface area contributed by atoms with Crippen molar-refractivity contribution < 1.29 is 14.4 Å². The van der Waals surface area contributed by atoms with Crippen molar-refractivity contribution in [2.45, 2.75) is 20.4 Å². The molecular weight excluding hydrogens is 332 g/mol. The van der Waals surface area contributed by atoms with Gasteiger partial charge in [0.25, 0.3) is 0 Å². The van der Waals surface area contributed by atoms with E-state index in [4.69, 9.17) is 0 Å². The van der Waals surface area contributed by atoms with Gasteiger partial charge < -0.3 is 16.0 Å². The second-order valence-electron chi connectivity index (χ2n) is 5.78. The van der Waals surface area contributed by atoms with Gasteiger partial charge in [0.05, 0.1) is 6.54 Å². The first-order chi connectivity index (χ1) is 12.4. The number of aryl methyl sites for hydroxylation is 1. The van der Waals surface area contributed by atoms with Crippen LogP contribution in [-0.2, 0) is 16.1 Å². The molecule has 4 amide bonds. The Kier molecular flexibility index (Phi) is 6.73. The van der Waals surface area contributed by atoms with E-state index in [0.29, 0.717) is 17.9 Å². The third kappa shape index (κ3) is 6.27. The van der Waals surface area contributed by atoms with Crippen LogP contribution in [0.2, 0.25) is 0 Å². The molecule has 136 valence electrons. The van der Waals surface area contributed by atoms with E-state index in [9.17, 15) is 14.4 Å². The molecule has 0 fully saturated rings. The monoisotopic (exact) mass is 354 g/mol. The fraction of sp³-hybridized carbons (Fsp3) is 0.211. The predicted molar refractivity (Wildman–Crippen MR) is 101 cm³/mol. The Balaban J connectivity index is 1.81. The summed E-state index contributed by atoms with van der Waals surface area (Å²) in [6, 6.07) is 14.2. The second kappa shape index (κ2) is 9.22. The lowest BCUT2D eigenvalue weighted by Gasteiger charge is -2.12. The largest absolute Gasteiger partial charge is 0.376 e. The molecule has 0 atom stereocenters. The molecule has 0 aliphatic heterocycles. The first-order valence-electron chi connectivity index (χ1n) is 8.18. The van der Waals surface area contributed by atoms with Gasteiger partial charge in [0, 0.05) is 24.8 Å². The van der Waals surface area contributed by atoms with E-state index in [1.165, 1.54) is 6.92 Å². The number of amides is 4. The lowest BCUT2D eigenvalue weighted by atomic mass is 10.1. The van der Waals surface area contributed by atoms with E-state index >= 15 is 0 Å². The van der Waals surface area contributed by atoms with Gasteiger partial charge in [-0.3, -0.25) is 14.9 Å². The van der Waals surface area contributed by atoms with E-state index in [2.05, 4.69) is 21.3 Å². The summed E-state index contributed by atoms with van der Waals surface area (Å²) >= 11 is 0. The Labute approximate surface area is 152 Å². The molecule has 4 N–H and O–H groups in total. The van der Waals surface area contributed by atoms with Crippen molar-refractivity contribution in [1.82, 2.24) is 10.6 Å². The van der Waals surface area contributed by atoms with Gasteiger partial charge in [0.1, 0.15) is 0 Å². The summed E-state index contributed by atoms with van der Waals surface area (Å²) in [5.41, 5.74) is 3.20. The molecule has 0 aliphatic rings. The van der Waals surface area contributed by atoms with Crippen LogP contribution in [0.1, 0.15) is 18.1 Å². The predicted octanol–water partition coefficient (Wildman–Crippen LogP) is 2.39.